The molecular formula is C15H22N2O2S. The zero-order valence-electron chi connectivity index (χ0n) is 11.7. The van der Waals surface area contributed by atoms with Crippen molar-refractivity contribution in [2.24, 2.45) is 17.8 Å². The van der Waals surface area contributed by atoms with Gasteiger partial charge in [0.15, 0.2) is 0 Å². The van der Waals surface area contributed by atoms with Gasteiger partial charge in [0, 0.05) is 11.7 Å². The summed E-state index contributed by atoms with van der Waals surface area (Å²) in [5, 5.41) is 0. The van der Waals surface area contributed by atoms with Crippen LogP contribution < -0.4 is 10.5 Å². The molecule has 2 aliphatic carbocycles. The van der Waals surface area contributed by atoms with Crippen molar-refractivity contribution in [3.63, 3.8) is 0 Å². The van der Waals surface area contributed by atoms with Crippen molar-refractivity contribution in [3.05, 3.63) is 24.3 Å². The van der Waals surface area contributed by atoms with Crippen LogP contribution in [0.1, 0.15) is 32.6 Å². The van der Waals surface area contributed by atoms with E-state index in [1.807, 2.05) is 6.92 Å². The maximum Gasteiger partial charge on any atom is 0.240 e. The molecule has 0 aromatic heterocycles. The smallest absolute Gasteiger partial charge is 0.240 e. The zero-order chi connectivity index (χ0) is 14.3. The molecule has 2 aliphatic rings. The topological polar surface area (TPSA) is 72.2 Å². The minimum absolute atomic E-state index is 0.00727. The minimum atomic E-state index is -3.44. The molecule has 1 aromatic rings. The molecule has 4 atom stereocenters. The summed E-state index contributed by atoms with van der Waals surface area (Å²) in [4.78, 5) is 0.293. The summed E-state index contributed by atoms with van der Waals surface area (Å²) in [6.07, 6.45) is 5.07. The number of anilines is 1. The van der Waals surface area contributed by atoms with Gasteiger partial charge in [0.2, 0.25) is 10.0 Å². The maximum atomic E-state index is 12.4. The molecule has 2 saturated carbocycles. The molecule has 0 heterocycles. The molecule has 0 aliphatic heterocycles. The Kier molecular flexibility index (Phi) is 3.50. The third kappa shape index (κ3) is 2.56. The van der Waals surface area contributed by atoms with Gasteiger partial charge in [-0.05, 0) is 68.2 Å². The van der Waals surface area contributed by atoms with Crippen LogP contribution in [0, 0.1) is 17.8 Å². The number of sulfonamides is 1. The van der Waals surface area contributed by atoms with Crippen LogP contribution in [0.25, 0.3) is 0 Å². The lowest BCUT2D eigenvalue weighted by Crippen LogP contribution is -2.40. The Bertz CT molecular complexity index is 582. The van der Waals surface area contributed by atoms with Gasteiger partial charge in [0.1, 0.15) is 0 Å². The molecule has 0 amide bonds. The van der Waals surface area contributed by atoms with E-state index in [-0.39, 0.29) is 6.04 Å². The number of hydrogen-bond donors (Lipinski definition) is 2. The predicted octanol–water partition coefficient (Wildman–Crippen LogP) is 2.37. The second kappa shape index (κ2) is 5.04. The van der Waals surface area contributed by atoms with Gasteiger partial charge in [0.05, 0.1) is 4.90 Å². The molecule has 2 bridgehead atoms. The third-order valence-corrected chi connectivity index (χ3v) is 6.54. The van der Waals surface area contributed by atoms with Crippen LogP contribution in [0.2, 0.25) is 0 Å². The van der Waals surface area contributed by atoms with Gasteiger partial charge in [-0.1, -0.05) is 6.42 Å². The van der Waals surface area contributed by atoms with Crippen LogP contribution in [0.3, 0.4) is 0 Å². The predicted molar refractivity (Wildman–Crippen MR) is 79.6 cm³/mol. The average molecular weight is 294 g/mol. The molecule has 2 fully saturated rings. The average Bonchev–Trinajstić information content (AvgIpc) is 3.01. The van der Waals surface area contributed by atoms with Crippen LogP contribution >= 0.6 is 0 Å². The van der Waals surface area contributed by atoms with Gasteiger partial charge in [-0.25, -0.2) is 13.1 Å². The molecule has 20 heavy (non-hydrogen) atoms. The summed E-state index contributed by atoms with van der Waals surface area (Å²) in [6, 6.07) is 6.37. The molecular weight excluding hydrogens is 272 g/mol. The number of hydrogen-bond acceptors (Lipinski definition) is 3. The molecule has 1 aromatic carbocycles. The first-order valence-corrected chi connectivity index (χ1v) is 8.82. The Labute approximate surface area is 120 Å². The van der Waals surface area contributed by atoms with Gasteiger partial charge < -0.3 is 5.73 Å². The molecule has 0 radical (unpaired) electrons. The molecule has 0 spiro atoms. The van der Waals surface area contributed by atoms with E-state index in [1.165, 1.54) is 25.7 Å². The Morgan fingerprint density at radius 1 is 1.20 bits per heavy atom. The van der Waals surface area contributed by atoms with Gasteiger partial charge >= 0.3 is 0 Å². The first-order chi connectivity index (χ1) is 9.45. The fourth-order valence-corrected chi connectivity index (χ4v) is 5.25. The van der Waals surface area contributed by atoms with Crippen molar-refractivity contribution >= 4 is 15.7 Å². The van der Waals surface area contributed by atoms with Gasteiger partial charge in [-0.15, -0.1) is 0 Å². The van der Waals surface area contributed by atoms with Crippen molar-refractivity contribution in [1.82, 2.24) is 4.72 Å². The van der Waals surface area contributed by atoms with E-state index in [4.69, 9.17) is 5.73 Å². The standard InChI is InChI=1S/C15H22N2O2S/c1-10(15-9-11-2-3-12(15)8-11)17-20(18,19)14-6-4-13(16)5-7-14/h4-7,10-12,15,17H,2-3,8-9,16H2,1H3/t10-,11-,12-,15-/m1/s1. The highest BCUT2D eigenvalue weighted by Crippen LogP contribution is 2.49. The molecule has 5 heteroatoms. The van der Waals surface area contributed by atoms with E-state index >= 15 is 0 Å². The van der Waals surface area contributed by atoms with Crippen LogP contribution in [0.4, 0.5) is 5.69 Å². The summed E-state index contributed by atoms with van der Waals surface area (Å²) in [5.74, 6) is 2.04. The highest BCUT2D eigenvalue weighted by atomic mass is 32.2. The number of nitrogen functional groups attached to an aromatic ring is 1. The maximum absolute atomic E-state index is 12.4. The first-order valence-electron chi connectivity index (χ1n) is 7.33. The number of rotatable bonds is 4. The SMILES string of the molecule is C[C@@H](NS(=O)(=O)c1ccc(N)cc1)[C@H]1C[C@@H]2CC[C@@H]1C2. The van der Waals surface area contributed by atoms with E-state index in [0.717, 1.165) is 5.92 Å². The van der Waals surface area contributed by atoms with Crippen molar-refractivity contribution in [3.8, 4) is 0 Å². The molecule has 3 N–H and O–H groups in total. The fourth-order valence-electron chi connectivity index (χ4n) is 3.95. The second-order valence-electron chi connectivity index (χ2n) is 6.32. The zero-order valence-corrected chi connectivity index (χ0v) is 12.6. The Morgan fingerprint density at radius 2 is 1.90 bits per heavy atom. The van der Waals surface area contributed by atoms with Crippen LogP contribution in [0.15, 0.2) is 29.2 Å². The molecule has 4 nitrogen and oxygen atoms in total. The van der Waals surface area contributed by atoms with E-state index in [1.54, 1.807) is 24.3 Å². The molecule has 110 valence electrons. The lowest BCUT2D eigenvalue weighted by molar-refractivity contribution is 0.280. The number of fused-ring (bicyclic) bond motifs is 2. The number of nitrogens with two attached hydrogens (primary N) is 1. The van der Waals surface area contributed by atoms with Gasteiger partial charge in [0.25, 0.3) is 0 Å². The van der Waals surface area contributed by atoms with Crippen LogP contribution in [-0.2, 0) is 10.0 Å². The van der Waals surface area contributed by atoms with Crippen molar-refractivity contribution in [1.29, 1.82) is 0 Å². The summed E-state index contributed by atoms with van der Waals surface area (Å²) >= 11 is 0. The quantitative estimate of drug-likeness (QED) is 0.837. The summed E-state index contributed by atoms with van der Waals surface area (Å²) in [5.41, 5.74) is 6.17. The number of benzene rings is 1. The molecule has 0 saturated heterocycles. The van der Waals surface area contributed by atoms with Crippen molar-refractivity contribution in [2.45, 2.75) is 43.5 Å². The molecule has 3 rings (SSSR count). The summed E-state index contributed by atoms with van der Waals surface area (Å²) < 4.78 is 27.6. The highest BCUT2D eigenvalue weighted by Gasteiger charge is 2.42. The highest BCUT2D eigenvalue weighted by molar-refractivity contribution is 7.89. The monoisotopic (exact) mass is 294 g/mol. The molecule has 0 unspecified atom stereocenters. The number of nitrogens with one attached hydrogen (secondary N) is 1. The summed E-state index contributed by atoms with van der Waals surface area (Å²) in [6.45, 7) is 2.00. The Hall–Kier alpha value is -1.07. The van der Waals surface area contributed by atoms with Gasteiger partial charge in [-0.3, -0.25) is 0 Å². The lowest BCUT2D eigenvalue weighted by Gasteiger charge is -2.28. The van der Waals surface area contributed by atoms with E-state index in [9.17, 15) is 8.42 Å². The normalized spacial score (nSPS) is 30.6. The van der Waals surface area contributed by atoms with E-state index in [0.29, 0.717) is 22.4 Å². The first kappa shape index (κ1) is 13.9. The largest absolute Gasteiger partial charge is 0.399 e. The Morgan fingerprint density at radius 3 is 2.45 bits per heavy atom. The van der Waals surface area contributed by atoms with E-state index < -0.39 is 10.0 Å². The van der Waals surface area contributed by atoms with Crippen molar-refractivity contribution < 1.29 is 8.42 Å². The minimum Gasteiger partial charge on any atom is -0.399 e. The van der Waals surface area contributed by atoms with Crippen LogP contribution in [0.5, 0.6) is 0 Å². The lowest BCUT2D eigenvalue weighted by atomic mass is 9.84. The second-order valence-corrected chi connectivity index (χ2v) is 8.03. The Balaban J connectivity index is 1.71. The van der Waals surface area contributed by atoms with Crippen LogP contribution in [-0.4, -0.2) is 14.5 Å². The third-order valence-electron chi connectivity index (χ3n) is 4.97. The van der Waals surface area contributed by atoms with Gasteiger partial charge in [-0.2, -0.15) is 0 Å². The van der Waals surface area contributed by atoms with E-state index in [2.05, 4.69) is 4.72 Å². The summed E-state index contributed by atoms with van der Waals surface area (Å²) in [7, 11) is -3.44. The van der Waals surface area contributed by atoms with Crippen molar-refractivity contribution in [2.75, 3.05) is 5.73 Å². The fraction of sp³-hybridized carbons (Fsp3) is 0.600.